The molecule has 1 aliphatic rings. The van der Waals surface area contributed by atoms with Crippen LogP contribution in [0.1, 0.15) is 42.3 Å². The lowest BCUT2D eigenvalue weighted by Gasteiger charge is -2.45. The second kappa shape index (κ2) is 6.58. The summed E-state index contributed by atoms with van der Waals surface area (Å²) in [6.45, 7) is 3.04. The number of hydrogen-bond donors (Lipinski definition) is 1. The molecule has 2 unspecified atom stereocenters. The van der Waals surface area contributed by atoms with Gasteiger partial charge >= 0.3 is 0 Å². The Kier molecular flexibility index (Phi) is 5.26. The number of rotatable bonds is 4. The monoisotopic (exact) mass is 358 g/mol. The molecule has 0 aliphatic heterocycles. The van der Waals surface area contributed by atoms with Crippen molar-refractivity contribution in [2.24, 2.45) is 5.92 Å². The minimum atomic E-state index is 0.0336. The third-order valence-electron chi connectivity index (χ3n) is 4.42. The van der Waals surface area contributed by atoms with Crippen LogP contribution < -0.4 is 5.32 Å². The molecule has 3 nitrogen and oxygen atoms in total. The van der Waals surface area contributed by atoms with E-state index in [1.807, 2.05) is 11.4 Å². The summed E-state index contributed by atoms with van der Waals surface area (Å²) in [7, 11) is 4.26. The van der Waals surface area contributed by atoms with Gasteiger partial charge in [0.05, 0.1) is 0 Å². The summed E-state index contributed by atoms with van der Waals surface area (Å²) in [4.78, 5) is 15.3. The maximum Gasteiger partial charge on any atom is 0.262 e. The van der Waals surface area contributed by atoms with Gasteiger partial charge in [-0.15, -0.1) is 11.3 Å². The van der Waals surface area contributed by atoms with E-state index in [0.29, 0.717) is 0 Å². The number of nitrogens with zero attached hydrogens (tertiary/aromatic N) is 1. The predicted molar refractivity (Wildman–Crippen MR) is 88.4 cm³/mol. The summed E-state index contributed by atoms with van der Waals surface area (Å²) >= 11 is 4.90. The first kappa shape index (κ1) is 16.0. The van der Waals surface area contributed by atoms with Crippen LogP contribution in [-0.4, -0.2) is 37.0 Å². The summed E-state index contributed by atoms with van der Waals surface area (Å²) in [5.41, 5.74) is 0.108. The Hall–Kier alpha value is -0.390. The molecule has 1 saturated carbocycles. The van der Waals surface area contributed by atoms with Crippen molar-refractivity contribution in [3.63, 3.8) is 0 Å². The van der Waals surface area contributed by atoms with Gasteiger partial charge in [0.15, 0.2) is 0 Å². The fraction of sp³-hybridized carbons (Fsp3) is 0.667. The SMILES string of the molecule is CC1CCCC(CNC(=O)c2sccc2Br)(N(C)C)C1. The number of nitrogens with one attached hydrogen (secondary N) is 1. The minimum Gasteiger partial charge on any atom is -0.349 e. The van der Waals surface area contributed by atoms with Crippen LogP contribution in [0.4, 0.5) is 0 Å². The van der Waals surface area contributed by atoms with Gasteiger partial charge in [0.25, 0.3) is 5.91 Å². The Morgan fingerprint density at radius 2 is 2.35 bits per heavy atom. The molecule has 0 bridgehead atoms. The van der Waals surface area contributed by atoms with Crippen LogP contribution >= 0.6 is 27.3 Å². The fourth-order valence-corrected chi connectivity index (χ4v) is 4.61. The predicted octanol–water partition coefficient (Wildman–Crippen LogP) is 3.75. The molecule has 0 saturated heterocycles. The highest BCUT2D eigenvalue weighted by Crippen LogP contribution is 2.35. The largest absolute Gasteiger partial charge is 0.349 e. The Balaban J connectivity index is 2.03. The van der Waals surface area contributed by atoms with E-state index in [0.717, 1.165) is 34.7 Å². The zero-order chi connectivity index (χ0) is 14.8. The lowest BCUT2D eigenvalue weighted by atomic mass is 9.75. The molecular formula is C15H23BrN2OS. The van der Waals surface area contributed by atoms with E-state index < -0.39 is 0 Å². The van der Waals surface area contributed by atoms with Crippen LogP contribution in [-0.2, 0) is 0 Å². The van der Waals surface area contributed by atoms with Gasteiger partial charge in [-0.1, -0.05) is 19.8 Å². The molecule has 2 atom stereocenters. The van der Waals surface area contributed by atoms with Gasteiger partial charge in [0.1, 0.15) is 4.88 Å². The van der Waals surface area contributed by atoms with E-state index in [1.54, 1.807) is 0 Å². The third-order valence-corrected chi connectivity index (χ3v) is 6.25. The summed E-state index contributed by atoms with van der Waals surface area (Å²) in [6.07, 6.45) is 4.88. The van der Waals surface area contributed by atoms with E-state index in [-0.39, 0.29) is 11.4 Å². The molecule has 1 aromatic heterocycles. The number of carbonyl (C=O) groups is 1. The smallest absolute Gasteiger partial charge is 0.262 e. The average molecular weight is 359 g/mol. The van der Waals surface area contributed by atoms with Crippen molar-refractivity contribution in [3.8, 4) is 0 Å². The van der Waals surface area contributed by atoms with E-state index in [2.05, 4.69) is 47.2 Å². The number of carbonyl (C=O) groups excluding carboxylic acids is 1. The zero-order valence-electron chi connectivity index (χ0n) is 12.4. The lowest BCUT2D eigenvalue weighted by Crippen LogP contribution is -2.55. The summed E-state index contributed by atoms with van der Waals surface area (Å²) < 4.78 is 0.885. The summed E-state index contributed by atoms with van der Waals surface area (Å²) in [5, 5.41) is 5.07. The van der Waals surface area contributed by atoms with Crippen LogP contribution in [0.25, 0.3) is 0 Å². The van der Waals surface area contributed by atoms with E-state index >= 15 is 0 Å². The van der Waals surface area contributed by atoms with Gasteiger partial charge in [-0.05, 0) is 60.2 Å². The number of amides is 1. The molecule has 1 aromatic rings. The molecule has 1 aliphatic carbocycles. The Bertz CT molecular complexity index is 474. The van der Waals surface area contributed by atoms with E-state index in [4.69, 9.17) is 0 Å². The Morgan fingerprint density at radius 3 is 2.90 bits per heavy atom. The molecule has 1 amide bonds. The van der Waals surface area contributed by atoms with Gasteiger partial charge < -0.3 is 10.2 Å². The van der Waals surface area contributed by atoms with Crippen molar-refractivity contribution in [2.75, 3.05) is 20.6 Å². The highest BCUT2D eigenvalue weighted by atomic mass is 79.9. The van der Waals surface area contributed by atoms with Gasteiger partial charge in [-0.3, -0.25) is 4.79 Å². The topological polar surface area (TPSA) is 32.3 Å². The van der Waals surface area contributed by atoms with Crippen molar-refractivity contribution < 1.29 is 4.79 Å². The van der Waals surface area contributed by atoms with Crippen molar-refractivity contribution >= 4 is 33.2 Å². The molecule has 112 valence electrons. The molecule has 1 fully saturated rings. The first-order valence-corrected chi connectivity index (χ1v) is 8.80. The molecule has 0 radical (unpaired) electrons. The fourth-order valence-electron chi connectivity index (χ4n) is 3.14. The van der Waals surface area contributed by atoms with Crippen molar-refractivity contribution in [1.82, 2.24) is 10.2 Å². The van der Waals surface area contributed by atoms with Crippen LogP contribution in [0.2, 0.25) is 0 Å². The second-order valence-corrected chi connectivity index (χ2v) is 7.87. The number of hydrogen-bond acceptors (Lipinski definition) is 3. The highest BCUT2D eigenvalue weighted by molar-refractivity contribution is 9.10. The molecular weight excluding hydrogens is 336 g/mol. The molecule has 0 spiro atoms. The van der Waals surface area contributed by atoms with Gasteiger partial charge in [-0.25, -0.2) is 0 Å². The molecule has 2 rings (SSSR count). The van der Waals surface area contributed by atoms with Gasteiger partial charge in [-0.2, -0.15) is 0 Å². The molecule has 0 aromatic carbocycles. The lowest BCUT2D eigenvalue weighted by molar-refractivity contribution is 0.0676. The molecule has 5 heteroatoms. The zero-order valence-corrected chi connectivity index (χ0v) is 14.8. The Morgan fingerprint density at radius 1 is 1.60 bits per heavy atom. The standard InChI is InChI=1S/C15H23BrN2OS/c1-11-5-4-7-15(9-11,18(2)3)10-17-14(19)13-12(16)6-8-20-13/h6,8,11H,4-5,7,9-10H2,1-3H3,(H,17,19). The van der Waals surface area contributed by atoms with Gasteiger partial charge in [0.2, 0.25) is 0 Å². The number of thiophene rings is 1. The number of halogens is 1. The van der Waals surface area contributed by atoms with Crippen LogP contribution in [0.5, 0.6) is 0 Å². The van der Waals surface area contributed by atoms with Crippen LogP contribution in [0.15, 0.2) is 15.9 Å². The summed E-state index contributed by atoms with van der Waals surface area (Å²) in [6, 6.07) is 1.92. The maximum absolute atomic E-state index is 12.3. The van der Waals surface area contributed by atoms with E-state index in [1.165, 1.54) is 24.2 Å². The first-order chi connectivity index (χ1) is 9.44. The molecule has 1 heterocycles. The van der Waals surface area contributed by atoms with E-state index in [9.17, 15) is 4.79 Å². The minimum absolute atomic E-state index is 0.0336. The third kappa shape index (κ3) is 3.43. The summed E-state index contributed by atoms with van der Waals surface area (Å²) in [5.74, 6) is 0.767. The average Bonchev–Trinajstić information content (AvgIpc) is 2.82. The Labute approximate surface area is 133 Å². The van der Waals surface area contributed by atoms with Crippen molar-refractivity contribution in [1.29, 1.82) is 0 Å². The second-order valence-electron chi connectivity index (χ2n) is 6.10. The number of likely N-dealkylation sites (N-methyl/N-ethyl adjacent to an activating group) is 1. The maximum atomic E-state index is 12.3. The van der Waals surface area contributed by atoms with Crippen LogP contribution in [0.3, 0.4) is 0 Å². The normalized spacial score (nSPS) is 26.8. The quantitative estimate of drug-likeness (QED) is 0.888. The van der Waals surface area contributed by atoms with Crippen LogP contribution in [0, 0.1) is 5.92 Å². The van der Waals surface area contributed by atoms with Crippen molar-refractivity contribution in [2.45, 2.75) is 38.1 Å². The highest BCUT2D eigenvalue weighted by Gasteiger charge is 2.37. The molecule has 1 N–H and O–H groups in total. The van der Waals surface area contributed by atoms with Gasteiger partial charge in [0, 0.05) is 16.6 Å². The first-order valence-electron chi connectivity index (χ1n) is 7.13. The molecule has 20 heavy (non-hydrogen) atoms. The van der Waals surface area contributed by atoms with Crippen molar-refractivity contribution in [3.05, 3.63) is 20.8 Å².